The highest BCUT2D eigenvalue weighted by atomic mass is 19.4. The molecule has 2 atom stereocenters. The Bertz CT molecular complexity index is 1150. The van der Waals surface area contributed by atoms with Crippen molar-refractivity contribution < 1.29 is 18.0 Å². The van der Waals surface area contributed by atoms with E-state index < -0.39 is 17.7 Å². The molecule has 0 bridgehead atoms. The summed E-state index contributed by atoms with van der Waals surface area (Å²) in [7, 11) is 0. The lowest BCUT2D eigenvalue weighted by Gasteiger charge is -2.23. The van der Waals surface area contributed by atoms with Gasteiger partial charge in [-0.25, -0.2) is 15.4 Å². The molecule has 4 rings (SSSR count). The number of anilines is 1. The maximum atomic E-state index is 13.2. The van der Waals surface area contributed by atoms with Crippen LogP contribution in [0.5, 0.6) is 0 Å². The molecular weight excluding hydrogens is 419 g/mol. The van der Waals surface area contributed by atoms with Gasteiger partial charge in [0.2, 0.25) is 11.9 Å². The van der Waals surface area contributed by atoms with E-state index in [1.165, 1.54) is 12.1 Å². The third kappa shape index (κ3) is 4.77. The lowest BCUT2D eigenvalue weighted by Crippen LogP contribution is -2.33. The van der Waals surface area contributed by atoms with E-state index in [1.807, 2.05) is 37.3 Å². The summed E-state index contributed by atoms with van der Waals surface area (Å²) in [6.45, 7) is 1.97. The van der Waals surface area contributed by atoms with Crippen molar-refractivity contribution in [1.82, 2.24) is 15.4 Å². The first-order valence-corrected chi connectivity index (χ1v) is 10.00. The van der Waals surface area contributed by atoms with Gasteiger partial charge < -0.3 is 5.32 Å². The number of benzene rings is 2. The SMILES string of the molecule is CC(Nc1nccc(C2CC(=O)NN=C2c2cccc(C(F)(F)F)c2)n1)c1ccccc1. The summed E-state index contributed by atoms with van der Waals surface area (Å²) in [5.41, 5.74) is 3.71. The first kappa shape index (κ1) is 21.5. The second-order valence-corrected chi connectivity index (χ2v) is 7.45. The third-order valence-corrected chi connectivity index (χ3v) is 5.19. The number of rotatable bonds is 5. The van der Waals surface area contributed by atoms with Crippen molar-refractivity contribution in [1.29, 1.82) is 0 Å². The van der Waals surface area contributed by atoms with Crippen molar-refractivity contribution in [2.75, 3.05) is 5.32 Å². The Morgan fingerprint density at radius 2 is 1.88 bits per heavy atom. The largest absolute Gasteiger partial charge is 0.416 e. The average molecular weight is 439 g/mol. The average Bonchev–Trinajstić information content (AvgIpc) is 2.79. The van der Waals surface area contributed by atoms with Crippen LogP contribution in [0.1, 0.15) is 47.7 Å². The fourth-order valence-corrected chi connectivity index (χ4v) is 3.55. The van der Waals surface area contributed by atoms with E-state index in [9.17, 15) is 18.0 Å². The number of halogens is 3. The monoisotopic (exact) mass is 439 g/mol. The van der Waals surface area contributed by atoms with E-state index >= 15 is 0 Å². The summed E-state index contributed by atoms with van der Waals surface area (Å²) in [6.07, 6.45) is -2.91. The minimum atomic E-state index is -4.48. The molecule has 0 fully saturated rings. The van der Waals surface area contributed by atoms with Crippen LogP contribution in [0.3, 0.4) is 0 Å². The van der Waals surface area contributed by atoms with Crippen molar-refractivity contribution in [2.24, 2.45) is 5.10 Å². The van der Waals surface area contributed by atoms with E-state index in [2.05, 4.69) is 25.8 Å². The Kier molecular flexibility index (Phi) is 5.89. The van der Waals surface area contributed by atoms with Gasteiger partial charge in [-0.05, 0) is 36.2 Å². The number of hydrogen-bond acceptors (Lipinski definition) is 5. The fourth-order valence-electron chi connectivity index (χ4n) is 3.55. The normalized spacial score (nSPS) is 17.3. The van der Waals surface area contributed by atoms with Gasteiger partial charge in [-0.1, -0.05) is 42.5 Å². The number of carbonyl (C=O) groups excluding carboxylic acids is 1. The molecule has 3 aromatic rings. The smallest absolute Gasteiger partial charge is 0.348 e. The number of alkyl halides is 3. The van der Waals surface area contributed by atoms with Crippen LogP contribution in [-0.4, -0.2) is 21.6 Å². The summed E-state index contributed by atoms with van der Waals surface area (Å²) in [5, 5.41) is 7.29. The van der Waals surface area contributed by atoms with Gasteiger partial charge in [-0.15, -0.1) is 0 Å². The number of nitrogens with zero attached hydrogens (tertiary/aromatic N) is 3. The van der Waals surface area contributed by atoms with E-state index in [0.29, 0.717) is 17.4 Å². The van der Waals surface area contributed by atoms with Crippen LogP contribution in [0.15, 0.2) is 72.0 Å². The van der Waals surface area contributed by atoms with E-state index in [4.69, 9.17) is 0 Å². The van der Waals surface area contributed by atoms with Crippen molar-refractivity contribution in [3.63, 3.8) is 0 Å². The van der Waals surface area contributed by atoms with Crippen LogP contribution in [0, 0.1) is 0 Å². The van der Waals surface area contributed by atoms with Gasteiger partial charge in [-0.3, -0.25) is 4.79 Å². The Morgan fingerprint density at radius 3 is 2.62 bits per heavy atom. The molecule has 2 heterocycles. The summed E-state index contributed by atoms with van der Waals surface area (Å²) in [6, 6.07) is 16.2. The molecule has 0 spiro atoms. The second kappa shape index (κ2) is 8.78. The van der Waals surface area contributed by atoms with Gasteiger partial charge in [0.05, 0.1) is 28.9 Å². The molecule has 0 saturated carbocycles. The summed E-state index contributed by atoms with van der Waals surface area (Å²) >= 11 is 0. The number of aromatic nitrogens is 2. The highest BCUT2D eigenvalue weighted by Crippen LogP contribution is 2.32. The Hall–Kier alpha value is -3.75. The van der Waals surface area contributed by atoms with Gasteiger partial charge in [0.15, 0.2) is 0 Å². The maximum absolute atomic E-state index is 13.2. The summed E-state index contributed by atoms with van der Waals surface area (Å²) in [4.78, 5) is 20.8. The first-order valence-electron chi connectivity index (χ1n) is 10.00. The highest BCUT2D eigenvalue weighted by Gasteiger charge is 2.33. The Labute approximate surface area is 182 Å². The van der Waals surface area contributed by atoms with Crippen LogP contribution >= 0.6 is 0 Å². The molecule has 0 radical (unpaired) electrons. The van der Waals surface area contributed by atoms with E-state index in [0.717, 1.165) is 17.7 Å². The molecule has 2 N–H and O–H groups in total. The van der Waals surface area contributed by atoms with Gasteiger partial charge in [0, 0.05) is 12.6 Å². The third-order valence-electron chi connectivity index (χ3n) is 5.19. The van der Waals surface area contributed by atoms with Crippen LogP contribution in [-0.2, 0) is 11.0 Å². The molecule has 6 nitrogen and oxygen atoms in total. The molecule has 32 heavy (non-hydrogen) atoms. The number of hydrogen-bond donors (Lipinski definition) is 2. The van der Waals surface area contributed by atoms with Gasteiger partial charge in [0.1, 0.15) is 0 Å². The topological polar surface area (TPSA) is 79.3 Å². The quantitative estimate of drug-likeness (QED) is 0.605. The van der Waals surface area contributed by atoms with E-state index in [1.54, 1.807) is 12.3 Å². The summed E-state index contributed by atoms with van der Waals surface area (Å²) < 4.78 is 39.6. The zero-order chi connectivity index (χ0) is 22.7. The molecule has 2 unspecified atom stereocenters. The molecule has 0 aliphatic carbocycles. The number of hydrazone groups is 1. The summed E-state index contributed by atoms with van der Waals surface area (Å²) in [5.74, 6) is -0.590. The van der Waals surface area contributed by atoms with Crippen molar-refractivity contribution in [3.8, 4) is 0 Å². The highest BCUT2D eigenvalue weighted by molar-refractivity contribution is 6.08. The van der Waals surface area contributed by atoms with Crippen molar-refractivity contribution in [2.45, 2.75) is 31.5 Å². The predicted molar refractivity (Wildman–Crippen MR) is 114 cm³/mol. The Balaban J connectivity index is 1.64. The Morgan fingerprint density at radius 1 is 1.09 bits per heavy atom. The van der Waals surface area contributed by atoms with Crippen LogP contribution in [0.25, 0.3) is 0 Å². The van der Waals surface area contributed by atoms with E-state index in [-0.39, 0.29) is 23.9 Å². The molecule has 0 saturated heterocycles. The molecule has 2 aromatic carbocycles. The molecule has 1 amide bonds. The predicted octanol–water partition coefficient (Wildman–Crippen LogP) is 4.68. The molecule has 1 aliphatic rings. The molecule has 1 aromatic heterocycles. The zero-order valence-electron chi connectivity index (χ0n) is 17.1. The lowest BCUT2D eigenvalue weighted by molar-refractivity contribution is -0.137. The number of nitrogens with one attached hydrogen (secondary N) is 2. The van der Waals surface area contributed by atoms with Crippen molar-refractivity contribution in [3.05, 3.63) is 89.2 Å². The number of amides is 1. The van der Waals surface area contributed by atoms with Crippen molar-refractivity contribution >= 4 is 17.6 Å². The minimum Gasteiger partial charge on any atom is -0.348 e. The molecule has 164 valence electrons. The van der Waals surface area contributed by atoms with Crippen LogP contribution < -0.4 is 10.7 Å². The van der Waals surface area contributed by atoms with Gasteiger partial charge in [-0.2, -0.15) is 18.3 Å². The van der Waals surface area contributed by atoms with Gasteiger partial charge >= 0.3 is 6.18 Å². The maximum Gasteiger partial charge on any atom is 0.416 e. The lowest BCUT2D eigenvalue weighted by atomic mass is 9.88. The fraction of sp³-hybridized carbons (Fsp3) is 0.217. The standard InChI is InChI=1S/C23H20F3N5O/c1-14(15-6-3-2-4-7-15)28-22-27-11-10-19(29-22)18-13-20(32)30-31-21(18)16-8-5-9-17(12-16)23(24,25)26/h2-12,14,18H,13H2,1H3,(H,30,32)(H,27,28,29). The van der Waals surface area contributed by atoms with Crippen LogP contribution in [0.2, 0.25) is 0 Å². The molecule has 9 heteroatoms. The molecule has 1 aliphatic heterocycles. The van der Waals surface area contributed by atoms with Crippen LogP contribution in [0.4, 0.5) is 19.1 Å². The minimum absolute atomic E-state index is 0.0137. The van der Waals surface area contributed by atoms with Gasteiger partial charge in [0.25, 0.3) is 0 Å². The number of carbonyl (C=O) groups is 1. The first-order chi connectivity index (χ1) is 15.3. The molecular formula is C23H20F3N5O. The second-order valence-electron chi connectivity index (χ2n) is 7.45. The zero-order valence-corrected chi connectivity index (χ0v) is 17.1.